The third-order valence-corrected chi connectivity index (χ3v) is 8.19. The van der Waals surface area contributed by atoms with Gasteiger partial charge in [-0.25, -0.2) is 18.2 Å². The van der Waals surface area contributed by atoms with Gasteiger partial charge in [0.15, 0.2) is 0 Å². The highest BCUT2D eigenvalue weighted by Gasteiger charge is 2.41. The van der Waals surface area contributed by atoms with E-state index in [2.05, 4.69) is 9.52 Å². The van der Waals surface area contributed by atoms with Gasteiger partial charge in [0.25, 0.3) is 5.91 Å². The van der Waals surface area contributed by atoms with Gasteiger partial charge in [-0.05, 0) is 38.0 Å². The van der Waals surface area contributed by atoms with Crippen LogP contribution in [0, 0.1) is 5.82 Å². The Bertz CT molecular complexity index is 1380. The van der Waals surface area contributed by atoms with Crippen molar-refractivity contribution in [3.63, 3.8) is 0 Å². The van der Waals surface area contributed by atoms with E-state index >= 15 is 4.39 Å². The van der Waals surface area contributed by atoms with E-state index in [1.54, 1.807) is 32.1 Å². The third-order valence-electron chi connectivity index (χ3n) is 6.22. The summed E-state index contributed by atoms with van der Waals surface area (Å²) >= 11 is 0. The van der Waals surface area contributed by atoms with Gasteiger partial charge in [-0.2, -0.15) is 4.36 Å². The highest BCUT2D eigenvalue weighted by molar-refractivity contribution is 7.96. The monoisotopic (exact) mass is 548 g/mol. The number of cyclic esters (lactones) is 1. The molecule has 13 heteroatoms. The summed E-state index contributed by atoms with van der Waals surface area (Å²) in [5.41, 5.74) is 6.20. The standard InChI is InChI=1S/C25H29FN4O7S/c1-15(31)29-38(34)10-7-16(8-11-38)18-5-4-17(12-19(18)26)30-14-22(36-24(30)33)23(32)37-25(2,3)13-20(27)21-6-9-35-28-21/h4-7,9-10,12,16,20,22H,8,11,13-14,27H2,1-3H3/t16?,20?,22-,38?/m1/s1. The minimum absolute atomic E-state index is 0.136. The molecule has 0 bridgehead atoms. The normalized spacial score (nSPS) is 24.1. The lowest BCUT2D eigenvalue weighted by molar-refractivity contribution is -0.165. The first kappa shape index (κ1) is 27.5. The van der Waals surface area contributed by atoms with Crippen molar-refractivity contribution in [3.8, 4) is 0 Å². The van der Waals surface area contributed by atoms with Crippen molar-refractivity contribution in [1.29, 1.82) is 0 Å². The second-order valence-electron chi connectivity index (χ2n) is 9.83. The van der Waals surface area contributed by atoms with E-state index in [1.807, 2.05) is 0 Å². The molecule has 0 saturated carbocycles. The molecule has 0 radical (unpaired) electrons. The molecule has 0 spiro atoms. The van der Waals surface area contributed by atoms with Crippen LogP contribution in [0.2, 0.25) is 0 Å². The van der Waals surface area contributed by atoms with E-state index < -0.39 is 51.3 Å². The lowest BCUT2D eigenvalue weighted by atomic mass is 9.95. The minimum Gasteiger partial charge on any atom is -0.457 e. The number of carbonyl (C=O) groups is 3. The molecule has 2 amide bonds. The second kappa shape index (κ2) is 10.7. The van der Waals surface area contributed by atoms with Gasteiger partial charge in [0, 0.05) is 36.5 Å². The molecule has 3 heterocycles. The van der Waals surface area contributed by atoms with Crippen molar-refractivity contribution in [1.82, 2.24) is 5.16 Å². The number of carbonyl (C=O) groups excluding carboxylic acids is 3. The van der Waals surface area contributed by atoms with Crippen molar-refractivity contribution < 1.29 is 37.0 Å². The van der Waals surface area contributed by atoms with Crippen LogP contribution in [0.1, 0.15) is 56.8 Å². The van der Waals surface area contributed by atoms with Crippen LogP contribution in [-0.2, 0) is 28.8 Å². The summed E-state index contributed by atoms with van der Waals surface area (Å²) in [7, 11) is -2.77. The highest BCUT2D eigenvalue weighted by Crippen LogP contribution is 2.33. The van der Waals surface area contributed by atoms with Crippen LogP contribution in [0.25, 0.3) is 0 Å². The molecule has 204 valence electrons. The van der Waals surface area contributed by atoms with Gasteiger partial charge in [0.1, 0.15) is 23.4 Å². The molecule has 1 aromatic carbocycles. The molecule has 2 aliphatic heterocycles. The van der Waals surface area contributed by atoms with Crippen LogP contribution in [0.5, 0.6) is 0 Å². The number of halogens is 1. The Kier molecular flexibility index (Phi) is 7.70. The molecule has 4 atom stereocenters. The zero-order valence-electron chi connectivity index (χ0n) is 21.2. The maximum atomic E-state index is 15.1. The summed E-state index contributed by atoms with van der Waals surface area (Å²) in [5, 5.41) is 5.15. The average molecular weight is 549 g/mol. The minimum atomic E-state index is -2.77. The van der Waals surface area contributed by atoms with Crippen LogP contribution in [0.4, 0.5) is 14.9 Å². The molecular formula is C25H29FN4O7S. The Labute approximate surface area is 219 Å². The molecular weight excluding hydrogens is 519 g/mol. The number of nitrogens with zero attached hydrogens (tertiary/aromatic N) is 3. The molecule has 2 N–H and O–H groups in total. The largest absolute Gasteiger partial charge is 0.457 e. The first-order chi connectivity index (χ1) is 17.9. The molecule has 2 aliphatic rings. The number of hydrogen-bond acceptors (Lipinski definition) is 9. The molecule has 1 aromatic heterocycles. The second-order valence-corrected chi connectivity index (χ2v) is 12.1. The van der Waals surface area contributed by atoms with E-state index in [0.29, 0.717) is 17.7 Å². The number of allylic oxidation sites excluding steroid dienone is 1. The van der Waals surface area contributed by atoms with Gasteiger partial charge in [-0.3, -0.25) is 9.69 Å². The molecule has 2 aromatic rings. The van der Waals surface area contributed by atoms with Gasteiger partial charge >= 0.3 is 12.1 Å². The topological polar surface area (TPSA) is 154 Å². The molecule has 38 heavy (non-hydrogen) atoms. The van der Waals surface area contributed by atoms with Gasteiger partial charge in [-0.15, -0.1) is 0 Å². The number of amides is 2. The molecule has 11 nitrogen and oxygen atoms in total. The molecule has 3 unspecified atom stereocenters. The highest BCUT2D eigenvalue weighted by atomic mass is 32.2. The quantitative estimate of drug-likeness (QED) is 0.511. The first-order valence-electron chi connectivity index (χ1n) is 12.0. The van der Waals surface area contributed by atoms with Gasteiger partial charge in [-0.1, -0.05) is 17.3 Å². The van der Waals surface area contributed by atoms with E-state index in [-0.39, 0.29) is 30.3 Å². The van der Waals surface area contributed by atoms with Crippen molar-refractivity contribution in [3.05, 3.63) is 59.1 Å². The Balaban J connectivity index is 1.40. The summed E-state index contributed by atoms with van der Waals surface area (Å²) in [6.45, 7) is 4.44. The van der Waals surface area contributed by atoms with Crippen molar-refractivity contribution in [2.75, 3.05) is 17.2 Å². The van der Waals surface area contributed by atoms with Crippen LogP contribution < -0.4 is 10.6 Å². The summed E-state index contributed by atoms with van der Waals surface area (Å²) in [6.07, 6.45) is 1.57. The Hall–Kier alpha value is -3.58. The zero-order chi connectivity index (χ0) is 27.7. The lowest BCUT2D eigenvalue weighted by Crippen LogP contribution is -2.38. The number of anilines is 1. The number of rotatable bonds is 7. The van der Waals surface area contributed by atoms with E-state index in [1.165, 1.54) is 30.7 Å². The maximum absolute atomic E-state index is 15.1. The fourth-order valence-corrected chi connectivity index (χ4v) is 6.19. The maximum Gasteiger partial charge on any atom is 0.415 e. The van der Waals surface area contributed by atoms with E-state index in [9.17, 15) is 18.6 Å². The number of esters is 1. The van der Waals surface area contributed by atoms with Crippen LogP contribution >= 0.6 is 0 Å². The molecule has 0 aliphatic carbocycles. The van der Waals surface area contributed by atoms with Crippen molar-refractivity contribution in [2.24, 2.45) is 10.1 Å². The van der Waals surface area contributed by atoms with E-state index in [0.717, 1.165) is 4.90 Å². The first-order valence-corrected chi connectivity index (χ1v) is 13.7. The van der Waals surface area contributed by atoms with Gasteiger partial charge < -0.3 is 19.7 Å². The Morgan fingerprint density at radius 2 is 2.13 bits per heavy atom. The number of hydrogen-bond donors (Lipinski definition) is 1. The molecule has 1 fully saturated rings. The predicted molar refractivity (Wildman–Crippen MR) is 135 cm³/mol. The predicted octanol–water partition coefficient (Wildman–Crippen LogP) is 3.57. The van der Waals surface area contributed by atoms with Crippen LogP contribution in [-0.4, -0.2) is 51.3 Å². The van der Waals surface area contributed by atoms with Gasteiger partial charge in [0.05, 0.1) is 28.0 Å². The Morgan fingerprint density at radius 3 is 2.74 bits per heavy atom. The Morgan fingerprint density at radius 1 is 1.37 bits per heavy atom. The summed E-state index contributed by atoms with van der Waals surface area (Å²) in [5.74, 6) is -2.07. The fourth-order valence-electron chi connectivity index (χ4n) is 4.44. The summed E-state index contributed by atoms with van der Waals surface area (Å²) < 4.78 is 46.8. The number of benzene rings is 1. The fraction of sp³-hybridized carbons (Fsp3) is 0.440. The summed E-state index contributed by atoms with van der Waals surface area (Å²) in [4.78, 5) is 37.6. The zero-order valence-corrected chi connectivity index (χ0v) is 22.0. The third kappa shape index (κ3) is 6.27. The van der Waals surface area contributed by atoms with Crippen molar-refractivity contribution >= 4 is 33.4 Å². The SMILES string of the molecule is CC(=O)N=S1(=O)C=CC(c2ccc(N3C[C@H](C(=O)OC(C)(C)CC(N)c4ccon4)OC3=O)cc2F)CC1. The lowest BCUT2D eigenvalue weighted by Gasteiger charge is -2.28. The summed E-state index contributed by atoms with van der Waals surface area (Å²) in [6, 6.07) is 5.35. The number of aromatic nitrogens is 1. The van der Waals surface area contributed by atoms with Crippen LogP contribution in [0.3, 0.4) is 0 Å². The van der Waals surface area contributed by atoms with Crippen molar-refractivity contribution in [2.45, 2.75) is 57.3 Å². The smallest absolute Gasteiger partial charge is 0.415 e. The van der Waals surface area contributed by atoms with Gasteiger partial charge in [0.2, 0.25) is 6.10 Å². The molecule has 1 saturated heterocycles. The van der Waals surface area contributed by atoms with E-state index in [4.69, 9.17) is 19.7 Å². The molecule has 4 rings (SSSR count). The number of ether oxygens (including phenoxy) is 2. The van der Waals surface area contributed by atoms with Crippen LogP contribution in [0.15, 0.2) is 50.9 Å². The number of nitrogens with two attached hydrogens (primary N) is 1. The average Bonchev–Trinajstić information content (AvgIpc) is 3.49.